The van der Waals surface area contributed by atoms with Gasteiger partial charge in [0.15, 0.2) is 0 Å². The van der Waals surface area contributed by atoms with Crippen molar-refractivity contribution in [3.63, 3.8) is 0 Å². The molecule has 1 atom stereocenters. The Morgan fingerprint density at radius 2 is 1.80 bits per heavy atom. The third-order valence-corrected chi connectivity index (χ3v) is 5.83. The highest BCUT2D eigenvalue weighted by Gasteiger charge is 2.30. The lowest BCUT2D eigenvalue weighted by molar-refractivity contribution is -0.118. The first-order chi connectivity index (χ1) is 11.8. The smallest absolute Gasteiger partial charge is 0.231 e. The van der Waals surface area contributed by atoms with Gasteiger partial charge in [-0.3, -0.25) is 9.10 Å². The second-order valence-corrected chi connectivity index (χ2v) is 8.53. The Bertz CT molecular complexity index is 891. The molecule has 0 spiro atoms. The van der Waals surface area contributed by atoms with Crippen molar-refractivity contribution in [1.82, 2.24) is 0 Å². The molecule has 2 aromatic rings. The molecule has 0 saturated heterocycles. The molecule has 3 rings (SSSR count). The largest absolute Gasteiger partial charge is 0.309 e. The maximum atomic E-state index is 12.8. The molecule has 0 unspecified atom stereocenters. The van der Waals surface area contributed by atoms with E-state index in [2.05, 4.69) is 13.0 Å². The fourth-order valence-corrected chi connectivity index (χ4v) is 3.73. The first-order valence-electron chi connectivity index (χ1n) is 8.20. The van der Waals surface area contributed by atoms with E-state index in [9.17, 15) is 13.2 Å². The minimum Gasteiger partial charge on any atom is -0.309 e. The summed E-state index contributed by atoms with van der Waals surface area (Å²) in [5.74, 6) is 0.0571. The van der Waals surface area contributed by atoms with Gasteiger partial charge < -0.3 is 4.90 Å². The molecule has 25 heavy (non-hydrogen) atoms. The number of hydrogen-bond donors (Lipinski definition) is 0. The van der Waals surface area contributed by atoms with Gasteiger partial charge in [-0.15, -0.1) is 0 Å². The molecule has 1 heterocycles. The number of nitrogens with zero attached hydrogens (tertiary/aromatic N) is 2. The van der Waals surface area contributed by atoms with Crippen LogP contribution in [0.3, 0.4) is 0 Å². The number of anilines is 2. The highest BCUT2D eigenvalue weighted by atomic mass is 32.2. The maximum absolute atomic E-state index is 12.8. The number of amides is 1. The first kappa shape index (κ1) is 17.5. The second-order valence-electron chi connectivity index (χ2n) is 6.52. The molecule has 1 aliphatic rings. The Hall–Kier alpha value is -2.34. The van der Waals surface area contributed by atoms with Gasteiger partial charge in [-0.25, -0.2) is 8.42 Å². The summed E-state index contributed by atoms with van der Waals surface area (Å²) in [5.41, 5.74) is 3.65. The Morgan fingerprint density at radius 3 is 2.44 bits per heavy atom. The van der Waals surface area contributed by atoms with Gasteiger partial charge in [0.2, 0.25) is 15.9 Å². The Labute approximate surface area is 148 Å². The zero-order valence-corrected chi connectivity index (χ0v) is 15.5. The van der Waals surface area contributed by atoms with E-state index in [0.717, 1.165) is 23.9 Å². The molecule has 0 saturated carbocycles. The molecule has 2 aromatic carbocycles. The van der Waals surface area contributed by atoms with Crippen LogP contribution in [0.15, 0.2) is 48.5 Å². The summed E-state index contributed by atoms with van der Waals surface area (Å²) in [6.07, 6.45) is 2.33. The summed E-state index contributed by atoms with van der Waals surface area (Å²) < 4.78 is 24.4. The van der Waals surface area contributed by atoms with Crippen LogP contribution in [-0.2, 0) is 27.7 Å². The molecular weight excluding hydrogens is 336 g/mol. The summed E-state index contributed by atoms with van der Waals surface area (Å²) in [4.78, 5) is 14.7. The Kier molecular flexibility index (Phi) is 4.56. The molecule has 6 heteroatoms. The highest BCUT2D eigenvalue weighted by Crippen LogP contribution is 2.32. The van der Waals surface area contributed by atoms with Gasteiger partial charge in [0.1, 0.15) is 0 Å². The number of carbonyl (C=O) groups excluding carboxylic acids is 1. The van der Waals surface area contributed by atoms with Gasteiger partial charge >= 0.3 is 0 Å². The number of fused-ring (bicyclic) bond motifs is 1. The van der Waals surface area contributed by atoms with Crippen LogP contribution in [0.4, 0.5) is 11.4 Å². The molecule has 132 valence electrons. The van der Waals surface area contributed by atoms with Gasteiger partial charge in [-0.1, -0.05) is 30.3 Å². The van der Waals surface area contributed by atoms with Crippen LogP contribution in [-0.4, -0.2) is 33.7 Å². The van der Waals surface area contributed by atoms with Gasteiger partial charge in [-0.2, -0.15) is 0 Å². The molecule has 0 fully saturated rings. The minimum atomic E-state index is -3.29. The molecule has 0 aromatic heterocycles. The van der Waals surface area contributed by atoms with Crippen LogP contribution < -0.4 is 9.21 Å². The van der Waals surface area contributed by atoms with E-state index in [4.69, 9.17) is 0 Å². The van der Waals surface area contributed by atoms with Crippen molar-refractivity contribution in [3.8, 4) is 0 Å². The van der Waals surface area contributed by atoms with Crippen molar-refractivity contribution in [1.29, 1.82) is 0 Å². The second kappa shape index (κ2) is 6.52. The lowest BCUT2D eigenvalue weighted by Crippen LogP contribution is -2.36. The molecule has 0 bridgehead atoms. The third kappa shape index (κ3) is 3.54. The van der Waals surface area contributed by atoms with Crippen LogP contribution in [0.2, 0.25) is 0 Å². The summed E-state index contributed by atoms with van der Waals surface area (Å²) in [5, 5.41) is 0. The molecule has 0 N–H and O–H groups in total. The number of para-hydroxylation sites is 1. The van der Waals surface area contributed by atoms with E-state index >= 15 is 0 Å². The first-order valence-corrected chi connectivity index (χ1v) is 10.0. The van der Waals surface area contributed by atoms with Gasteiger partial charge in [0, 0.05) is 18.8 Å². The minimum absolute atomic E-state index is 0.0571. The maximum Gasteiger partial charge on any atom is 0.231 e. The zero-order valence-electron chi connectivity index (χ0n) is 14.6. The Morgan fingerprint density at radius 1 is 1.16 bits per heavy atom. The molecule has 1 amide bonds. The number of benzene rings is 2. The van der Waals surface area contributed by atoms with Gasteiger partial charge in [0.25, 0.3) is 0 Å². The van der Waals surface area contributed by atoms with Crippen LogP contribution in [0.1, 0.15) is 18.1 Å². The van der Waals surface area contributed by atoms with Crippen LogP contribution in [0.5, 0.6) is 0 Å². The van der Waals surface area contributed by atoms with E-state index in [1.54, 1.807) is 12.1 Å². The van der Waals surface area contributed by atoms with E-state index in [0.29, 0.717) is 12.1 Å². The van der Waals surface area contributed by atoms with E-state index < -0.39 is 10.0 Å². The normalized spacial score (nSPS) is 16.6. The number of hydrogen-bond acceptors (Lipinski definition) is 3. The predicted molar refractivity (Wildman–Crippen MR) is 100 cm³/mol. The van der Waals surface area contributed by atoms with Gasteiger partial charge in [-0.05, 0) is 42.7 Å². The molecule has 0 radical (unpaired) electrons. The molecular formula is C19H22N2O3S. The average molecular weight is 358 g/mol. The van der Waals surface area contributed by atoms with E-state index in [1.165, 1.54) is 16.9 Å². The topological polar surface area (TPSA) is 57.7 Å². The molecule has 0 aliphatic carbocycles. The fourth-order valence-electron chi connectivity index (χ4n) is 3.22. The third-order valence-electron chi connectivity index (χ3n) is 4.63. The van der Waals surface area contributed by atoms with Gasteiger partial charge in [0.05, 0.1) is 18.4 Å². The summed E-state index contributed by atoms with van der Waals surface area (Å²) in [7, 11) is -1.78. The standard InChI is InChI=1S/C19H22N2O3S/c1-14-12-16-6-4-5-7-18(16)21(14)19(22)13-15-8-10-17(11-9-15)20(2)25(3,23)24/h4-11,14H,12-13H2,1-3H3/t14-/m1/s1. The van der Waals surface area contributed by atoms with Crippen LogP contribution in [0, 0.1) is 0 Å². The lowest BCUT2D eigenvalue weighted by Gasteiger charge is -2.23. The summed E-state index contributed by atoms with van der Waals surface area (Å²) in [6, 6.07) is 15.2. The SMILES string of the molecule is C[C@@H]1Cc2ccccc2N1C(=O)Cc1ccc(N(C)S(C)(=O)=O)cc1. The Balaban J connectivity index is 1.76. The van der Waals surface area contributed by atoms with Crippen molar-refractivity contribution < 1.29 is 13.2 Å². The van der Waals surface area contributed by atoms with Crippen molar-refractivity contribution in [2.24, 2.45) is 0 Å². The van der Waals surface area contributed by atoms with E-state index in [-0.39, 0.29) is 11.9 Å². The highest BCUT2D eigenvalue weighted by molar-refractivity contribution is 7.92. The predicted octanol–water partition coefficient (Wildman–Crippen LogP) is 2.60. The fraction of sp³-hybridized carbons (Fsp3) is 0.316. The monoisotopic (exact) mass is 358 g/mol. The van der Waals surface area contributed by atoms with E-state index in [1.807, 2.05) is 35.2 Å². The molecule has 5 nitrogen and oxygen atoms in total. The quantitative estimate of drug-likeness (QED) is 0.844. The van der Waals surface area contributed by atoms with Crippen LogP contribution >= 0.6 is 0 Å². The number of rotatable bonds is 4. The van der Waals surface area contributed by atoms with Crippen LogP contribution in [0.25, 0.3) is 0 Å². The number of carbonyl (C=O) groups is 1. The van der Waals surface area contributed by atoms with Crippen molar-refractivity contribution in [3.05, 3.63) is 59.7 Å². The summed E-state index contributed by atoms with van der Waals surface area (Å²) >= 11 is 0. The summed E-state index contributed by atoms with van der Waals surface area (Å²) in [6.45, 7) is 2.06. The molecule has 1 aliphatic heterocycles. The zero-order chi connectivity index (χ0) is 18.2. The number of sulfonamides is 1. The van der Waals surface area contributed by atoms with Crippen molar-refractivity contribution >= 4 is 27.3 Å². The van der Waals surface area contributed by atoms with Crippen molar-refractivity contribution in [2.45, 2.75) is 25.8 Å². The van der Waals surface area contributed by atoms with Crippen molar-refractivity contribution in [2.75, 3.05) is 22.5 Å². The average Bonchev–Trinajstić information content (AvgIpc) is 2.89. The lowest BCUT2D eigenvalue weighted by atomic mass is 10.1.